The minimum absolute atomic E-state index is 0.425. The number of rotatable bonds is 3. The van der Waals surface area contributed by atoms with Gasteiger partial charge in [-0.2, -0.15) is 0 Å². The highest BCUT2D eigenvalue weighted by atomic mass is 14.6. The predicted octanol–water partition coefficient (Wildman–Crippen LogP) is 3.82. The smallest absolute Gasteiger partial charge is 0.00131 e. The molecule has 1 heteroatoms. The van der Waals surface area contributed by atoms with Crippen molar-refractivity contribution in [1.29, 1.82) is 0 Å². The third-order valence-corrected chi connectivity index (χ3v) is 6.82. The Bertz CT molecular complexity index is 288. The molecule has 1 nitrogen and oxygen atoms in total. The summed E-state index contributed by atoms with van der Waals surface area (Å²) in [5.74, 6) is 7.79. The van der Waals surface area contributed by atoms with Crippen molar-refractivity contribution in [3.63, 3.8) is 0 Å². The third-order valence-electron chi connectivity index (χ3n) is 6.82. The van der Waals surface area contributed by atoms with Gasteiger partial charge in [-0.15, -0.1) is 0 Å². The van der Waals surface area contributed by atoms with Gasteiger partial charge in [-0.1, -0.05) is 0 Å². The van der Waals surface area contributed by atoms with Crippen LogP contribution in [0.5, 0.6) is 0 Å². The highest BCUT2D eigenvalue weighted by Crippen LogP contribution is 2.61. The van der Waals surface area contributed by atoms with Crippen LogP contribution in [0.3, 0.4) is 0 Å². The van der Waals surface area contributed by atoms with Crippen LogP contribution in [-0.2, 0) is 0 Å². The fraction of sp³-hybridized carbons (Fsp3) is 1.00. The van der Waals surface area contributed by atoms with Crippen molar-refractivity contribution >= 4 is 0 Å². The van der Waals surface area contributed by atoms with Crippen molar-refractivity contribution in [3.8, 4) is 0 Å². The lowest BCUT2D eigenvalue weighted by Crippen LogP contribution is -2.50. The van der Waals surface area contributed by atoms with Crippen molar-refractivity contribution in [3.05, 3.63) is 0 Å². The first kappa shape index (κ1) is 11.8. The fourth-order valence-corrected chi connectivity index (χ4v) is 6.56. The second-order valence-corrected chi connectivity index (χ2v) is 8.32. The van der Waals surface area contributed by atoms with E-state index < -0.39 is 0 Å². The van der Waals surface area contributed by atoms with E-state index in [-0.39, 0.29) is 0 Å². The second-order valence-electron chi connectivity index (χ2n) is 8.32. The first-order valence-corrected chi connectivity index (χ1v) is 8.44. The molecule has 0 radical (unpaired) electrons. The van der Waals surface area contributed by atoms with Gasteiger partial charge in [-0.25, -0.2) is 0 Å². The van der Waals surface area contributed by atoms with E-state index in [0.29, 0.717) is 6.04 Å². The standard InChI is InChI=1S/C17H29N/c1-10(18)2-11-4-14(5-11)17-15-6-12-3-13(8-15)9-16(17)7-12/h10-17H,2-9,18H2,1H3. The summed E-state index contributed by atoms with van der Waals surface area (Å²) < 4.78 is 0. The predicted molar refractivity (Wildman–Crippen MR) is 75.0 cm³/mol. The maximum absolute atomic E-state index is 5.94. The van der Waals surface area contributed by atoms with Crippen molar-refractivity contribution in [2.24, 2.45) is 47.2 Å². The molecule has 102 valence electrons. The summed E-state index contributed by atoms with van der Waals surface area (Å²) in [6, 6.07) is 0.425. The van der Waals surface area contributed by atoms with E-state index >= 15 is 0 Å². The SMILES string of the molecule is CC(N)CC1CC(C2C3CC4CC(C3)CC2C4)C1. The van der Waals surface area contributed by atoms with Crippen LogP contribution >= 0.6 is 0 Å². The summed E-state index contributed by atoms with van der Waals surface area (Å²) in [6.45, 7) is 2.18. The Morgan fingerprint density at radius 2 is 1.33 bits per heavy atom. The Balaban J connectivity index is 1.39. The van der Waals surface area contributed by atoms with Gasteiger partial charge in [0.2, 0.25) is 0 Å². The number of nitrogens with two attached hydrogens (primary N) is 1. The molecule has 0 heterocycles. The summed E-state index contributed by atoms with van der Waals surface area (Å²) >= 11 is 0. The number of hydrogen-bond donors (Lipinski definition) is 1. The molecule has 4 bridgehead atoms. The van der Waals surface area contributed by atoms with Gasteiger partial charge in [0.25, 0.3) is 0 Å². The molecule has 0 aromatic heterocycles. The Hall–Kier alpha value is -0.0400. The molecule has 2 N–H and O–H groups in total. The van der Waals surface area contributed by atoms with Crippen LogP contribution in [0, 0.1) is 41.4 Å². The highest BCUT2D eigenvalue weighted by Gasteiger charge is 2.52. The highest BCUT2D eigenvalue weighted by molar-refractivity contribution is 5.02. The van der Waals surface area contributed by atoms with Crippen molar-refractivity contribution in [2.75, 3.05) is 0 Å². The summed E-state index contributed by atoms with van der Waals surface area (Å²) in [6.07, 6.45) is 12.3. The molecular formula is C17H29N. The van der Waals surface area contributed by atoms with Crippen molar-refractivity contribution in [1.82, 2.24) is 0 Å². The normalized spacial score (nSPS) is 55.3. The topological polar surface area (TPSA) is 26.0 Å². The maximum Gasteiger partial charge on any atom is 0.00131 e. The molecule has 5 aliphatic rings. The van der Waals surface area contributed by atoms with Gasteiger partial charge < -0.3 is 5.73 Å². The summed E-state index contributed by atoms with van der Waals surface area (Å²) in [7, 11) is 0. The van der Waals surface area contributed by atoms with Gasteiger partial charge in [0.15, 0.2) is 0 Å². The van der Waals surface area contributed by atoms with Crippen LogP contribution in [0.15, 0.2) is 0 Å². The van der Waals surface area contributed by atoms with Crippen LogP contribution in [0.1, 0.15) is 58.3 Å². The van der Waals surface area contributed by atoms with Crippen LogP contribution in [0.25, 0.3) is 0 Å². The van der Waals surface area contributed by atoms with E-state index in [1.165, 1.54) is 19.3 Å². The summed E-state index contributed by atoms with van der Waals surface area (Å²) in [4.78, 5) is 0. The molecule has 18 heavy (non-hydrogen) atoms. The Kier molecular flexibility index (Phi) is 2.76. The molecular weight excluding hydrogens is 218 g/mol. The minimum atomic E-state index is 0.425. The van der Waals surface area contributed by atoms with Gasteiger partial charge >= 0.3 is 0 Å². The largest absolute Gasteiger partial charge is 0.328 e. The first-order chi connectivity index (χ1) is 8.69. The molecule has 5 rings (SSSR count). The molecule has 5 aliphatic carbocycles. The van der Waals surface area contributed by atoms with E-state index in [4.69, 9.17) is 5.73 Å². The van der Waals surface area contributed by atoms with E-state index in [1.807, 2.05) is 0 Å². The van der Waals surface area contributed by atoms with Crippen molar-refractivity contribution < 1.29 is 0 Å². The molecule has 0 spiro atoms. The van der Waals surface area contributed by atoms with E-state index in [0.717, 1.165) is 41.4 Å². The van der Waals surface area contributed by atoms with Crippen LogP contribution in [0.4, 0.5) is 0 Å². The van der Waals surface area contributed by atoms with E-state index in [2.05, 4.69) is 6.92 Å². The molecule has 0 amide bonds. The maximum atomic E-state index is 5.94. The lowest BCUT2D eigenvalue weighted by atomic mass is 9.46. The Morgan fingerprint density at radius 1 is 0.833 bits per heavy atom. The molecule has 5 fully saturated rings. The number of hydrogen-bond acceptors (Lipinski definition) is 1. The fourth-order valence-electron chi connectivity index (χ4n) is 6.56. The van der Waals surface area contributed by atoms with E-state index in [1.54, 1.807) is 32.1 Å². The Labute approximate surface area is 112 Å². The molecule has 0 aromatic carbocycles. The van der Waals surface area contributed by atoms with Gasteiger partial charge in [0.1, 0.15) is 0 Å². The zero-order valence-electron chi connectivity index (χ0n) is 11.9. The minimum Gasteiger partial charge on any atom is -0.328 e. The Morgan fingerprint density at radius 3 is 1.83 bits per heavy atom. The van der Waals surface area contributed by atoms with Crippen LogP contribution < -0.4 is 5.73 Å². The van der Waals surface area contributed by atoms with E-state index in [9.17, 15) is 0 Å². The molecule has 0 aliphatic heterocycles. The zero-order valence-corrected chi connectivity index (χ0v) is 11.9. The zero-order chi connectivity index (χ0) is 12.3. The summed E-state index contributed by atoms with van der Waals surface area (Å²) in [5.41, 5.74) is 5.94. The van der Waals surface area contributed by atoms with Crippen molar-refractivity contribution in [2.45, 2.75) is 64.3 Å². The molecule has 0 saturated heterocycles. The molecule has 1 atom stereocenters. The van der Waals surface area contributed by atoms with Crippen LogP contribution in [-0.4, -0.2) is 6.04 Å². The molecule has 1 unspecified atom stereocenters. The molecule has 5 saturated carbocycles. The second kappa shape index (κ2) is 4.23. The summed E-state index contributed by atoms with van der Waals surface area (Å²) in [5, 5.41) is 0. The average molecular weight is 247 g/mol. The van der Waals surface area contributed by atoms with Gasteiger partial charge in [-0.05, 0) is 99.7 Å². The molecule has 0 aromatic rings. The van der Waals surface area contributed by atoms with Gasteiger partial charge in [0.05, 0.1) is 0 Å². The average Bonchev–Trinajstić information content (AvgIpc) is 2.23. The van der Waals surface area contributed by atoms with Gasteiger partial charge in [0, 0.05) is 6.04 Å². The first-order valence-electron chi connectivity index (χ1n) is 8.44. The van der Waals surface area contributed by atoms with Crippen LogP contribution in [0.2, 0.25) is 0 Å². The lowest BCUT2D eigenvalue weighted by Gasteiger charge is -2.59. The lowest BCUT2D eigenvalue weighted by molar-refractivity contribution is -0.0887. The quantitative estimate of drug-likeness (QED) is 0.806. The third kappa shape index (κ3) is 1.85. The van der Waals surface area contributed by atoms with Gasteiger partial charge in [-0.3, -0.25) is 0 Å². The monoisotopic (exact) mass is 247 g/mol.